The lowest BCUT2D eigenvalue weighted by molar-refractivity contribution is -0.110. The van der Waals surface area contributed by atoms with Gasteiger partial charge in [0.25, 0.3) is 5.91 Å². The van der Waals surface area contributed by atoms with Gasteiger partial charge in [0.05, 0.1) is 29.0 Å². The Balaban J connectivity index is 1.19. The van der Waals surface area contributed by atoms with Gasteiger partial charge in [-0.2, -0.15) is 10.2 Å². The molecule has 1 aliphatic carbocycles. The molecule has 208 valence electrons. The zero-order valence-corrected chi connectivity index (χ0v) is 23.1. The van der Waals surface area contributed by atoms with Crippen molar-refractivity contribution in [2.24, 2.45) is 10.2 Å². The largest absolute Gasteiger partial charge is 0.309 e. The molecule has 0 saturated heterocycles. The molecule has 1 amide bonds. The molecule has 0 saturated carbocycles. The van der Waals surface area contributed by atoms with Crippen molar-refractivity contribution in [2.75, 3.05) is 5.43 Å². The Morgan fingerprint density at radius 2 is 1.26 bits per heavy atom. The fourth-order valence-corrected chi connectivity index (χ4v) is 4.72. The zero-order valence-electron chi connectivity index (χ0n) is 23.1. The molecule has 7 heteroatoms. The van der Waals surface area contributed by atoms with Crippen molar-refractivity contribution >= 4 is 29.3 Å². The highest BCUT2D eigenvalue weighted by molar-refractivity contribution is 6.27. The van der Waals surface area contributed by atoms with Gasteiger partial charge in [-0.3, -0.25) is 15.0 Å². The number of ketones is 1. The van der Waals surface area contributed by atoms with Crippen LogP contribution in [-0.2, 0) is 4.79 Å². The number of nitrogens with one attached hydrogen (secondary N) is 2. The highest BCUT2D eigenvalue weighted by atomic mass is 16.2. The summed E-state index contributed by atoms with van der Waals surface area (Å²) in [5, 5.41) is 8.34. The third-order valence-corrected chi connectivity index (χ3v) is 6.86. The summed E-state index contributed by atoms with van der Waals surface area (Å²) in [7, 11) is 0. The predicted octanol–water partition coefficient (Wildman–Crippen LogP) is 7.06. The molecule has 0 aliphatic heterocycles. The number of amides is 1. The summed E-state index contributed by atoms with van der Waals surface area (Å²) in [5.41, 5.74) is 12.8. The van der Waals surface area contributed by atoms with E-state index in [0.29, 0.717) is 16.8 Å². The van der Waals surface area contributed by atoms with Gasteiger partial charge in [0.15, 0.2) is 5.78 Å². The number of carbonyl (C=O) groups excluding carboxylic acids is 2. The van der Waals surface area contributed by atoms with Crippen LogP contribution in [0.3, 0.4) is 0 Å². The quantitative estimate of drug-likeness (QED) is 0.121. The third-order valence-electron chi connectivity index (χ3n) is 6.86. The number of benzene rings is 4. The second-order valence-electron chi connectivity index (χ2n) is 9.73. The smallest absolute Gasteiger partial charge is 0.271 e. The van der Waals surface area contributed by atoms with Crippen LogP contribution >= 0.6 is 0 Å². The Kier molecular flexibility index (Phi) is 7.95. The lowest BCUT2D eigenvalue weighted by atomic mass is 10.0. The van der Waals surface area contributed by atoms with E-state index in [9.17, 15) is 9.59 Å². The number of hydrazone groups is 2. The Bertz CT molecular complexity index is 1810. The summed E-state index contributed by atoms with van der Waals surface area (Å²) < 4.78 is 2.19. The molecule has 5 aromatic rings. The number of rotatable bonds is 8. The van der Waals surface area contributed by atoms with E-state index >= 15 is 0 Å². The Hall–Kier alpha value is -6.08. The Morgan fingerprint density at radius 1 is 0.674 bits per heavy atom. The van der Waals surface area contributed by atoms with Crippen molar-refractivity contribution in [1.82, 2.24) is 9.99 Å². The fourth-order valence-electron chi connectivity index (χ4n) is 4.72. The van der Waals surface area contributed by atoms with Crippen LogP contribution in [0, 0.1) is 0 Å². The second-order valence-corrected chi connectivity index (χ2v) is 9.73. The van der Waals surface area contributed by atoms with Gasteiger partial charge >= 0.3 is 0 Å². The van der Waals surface area contributed by atoms with Crippen LogP contribution in [0.5, 0.6) is 0 Å². The van der Waals surface area contributed by atoms with Gasteiger partial charge in [-0.05, 0) is 77.9 Å². The number of aromatic nitrogens is 1. The molecule has 1 heterocycles. The molecular formula is C36H27N5O2. The highest BCUT2D eigenvalue weighted by Gasteiger charge is 2.15. The van der Waals surface area contributed by atoms with Crippen molar-refractivity contribution in [1.29, 1.82) is 0 Å². The van der Waals surface area contributed by atoms with Crippen molar-refractivity contribution in [3.8, 4) is 28.2 Å². The van der Waals surface area contributed by atoms with E-state index in [4.69, 9.17) is 0 Å². The molecule has 0 fully saturated rings. The van der Waals surface area contributed by atoms with Crippen molar-refractivity contribution < 1.29 is 9.59 Å². The number of allylic oxidation sites excluding steroid dienone is 4. The van der Waals surface area contributed by atoms with Crippen LogP contribution in [0.4, 0.5) is 5.69 Å². The molecule has 7 nitrogen and oxygen atoms in total. The SMILES string of the molecule is O=C1C=C/C(=N\Nc2ccccc2)C=C1/C=N/NC(=O)c1ccc(-n2c(-c3ccccc3)ccc2-c2ccccc2)cc1. The van der Waals surface area contributed by atoms with E-state index in [1.807, 2.05) is 78.9 Å². The minimum absolute atomic E-state index is 0.226. The summed E-state index contributed by atoms with van der Waals surface area (Å²) in [5.74, 6) is -0.614. The molecule has 2 N–H and O–H groups in total. The molecule has 43 heavy (non-hydrogen) atoms. The van der Waals surface area contributed by atoms with Gasteiger partial charge in [0.1, 0.15) is 0 Å². The summed E-state index contributed by atoms with van der Waals surface area (Å²) in [6.45, 7) is 0. The van der Waals surface area contributed by atoms with Gasteiger partial charge in [0.2, 0.25) is 0 Å². The first-order valence-corrected chi connectivity index (χ1v) is 13.7. The van der Waals surface area contributed by atoms with Gasteiger partial charge < -0.3 is 4.57 Å². The van der Waals surface area contributed by atoms with Crippen LogP contribution in [0.25, 0.3) is 28.2 Å². The fraction of sp³-hybridized carbons (Fsp3) is 0. The van der Waals surface area contributed by atoms with Crippen molar-refractivity contribution in [2.45, 2.75) is 0 Å². The Labute approximate surface area is 249 Å². The van der Waals surface area contributed by atoms with Crippen LogP contribution in [0.15, 0.2) is 161 Å². The van der Waals surface area contributed by atoms with Gasteiger partial charge in [-0.1, -0.05) is 78.9 Å². The molecule has 1 aromatic heterocycles. The van der Waals surface area contributed by atoms with E-state index in [1.54, 1.807) is 24.3 Å². The van der Waals surface area contributed by atoms with Crippen molar-refractivity contribution in [3.05, 3.63) is 157 Å². The molecular weight excluding hydrogens is 534 g/mol. The molecule has 0 atom stereocenters. The first kappa shape index (κ1) is 27.1. The summed E-state index contributed by atoms with van der Waals surface area (Å²) in [4.78, 5) is 25.2. The van der Waals surface area contributed by atoms with E-state index in [0.717, 1.165) is 33.9 Å². The monoisotopic (exact) mass is 561 g/mol. The zero-order chi connectivity index (χ0) is 29.4. The average molecular weight is 562 g/mol. The minimum atomic E-state index is -0.388. The minimum Gasteiger partial charge on any atom is -0.309 e. The standard InChI is InChI=1S/C36H27N5O2/c42-35-23-18-31(39-38-30-14-8-3-9-15-30)24-29(35)25-37-40-36(43)28-16-19-32(20-17-28)41-33(26-10-4-1-5-11-26)21-22-34(41)27-12-6-2-7-13-27/h1-25,38H,(H,40,43)/b37-25+,39-31+. The number of anilines is 1. The van der Waals surface area contributed by atoms with Crippen LogP contribution in [-0.4, -0.2) is 28.2 Å². The van der Waals surface area contributed by atoms with Gasteiger partial charge in [-0.15, -0.1) is 0 Å². The van der Waals surface area contributed by atoms with E-state index in [-0.39, 0.29) is 11.7 Å². The maximum atomic E-state index is 12.9. The number of hydrogen-bond acceptors (Lipinski definition) is 5. The van der Waals surface area contributed by atoms with Gasteiger partial charge in [0, 0.05) is 16.8 Å². The predicted molar refractivity (Wildman–Crippen MR) is 172 cm³/mol. The van der Waals surface area contributed by atoms with Gasteiger partial charge in [-0.25, -0.2) is 5.43 Å². The van der Waals surface area contributed by atoms with E-state index < -0.39 is 0 Å². The molecule has 0 radical (unpaired) electrons. The third kappa shape index (κ3) is 6.31. The molecule has 1 aliphatic rings. The topological polar surface area (TPSA) is 87.8 Å². The molecule has 0 unspecified atom stereocenters. The van der Waals surface area contributed by atoms with Crippen molar-refractivity contribution in [3.63, 3.8) is 0 Å². The second kappa shape index (κ2) is 12.6. The first-order valence-electron chi connectivity index (χ1n) is 13.7. The average Bonchev–Trinajstić information content (AvgIpc) is 3.52. The molecule has 0 spiro atoms. The van der Waals surface area contributed by atoms with E-state index in [1.165, 1.54) is 12.3 Å². The van der Waals surface area contributed by atoms with E-state index in [2.05, 4.69) is 62.0 Å². The van der Waals surface area contributed by atoms with Crippen LogP contribution in [0.1, 0.15) is 10.4 Å². The molecule has 0 bridgehead atoms. The number of carbonyl (C=O) groups is 2. The summed E-state index contributed by atoms with van der Waals surface area (Å²) in [6, 6.07) is 41.5. The highest BCUT2D eigenvalue weighted by Crippen LogP contribution is 2.32. The Morgan fingerprint density at radius 3 is 1.86 bits per heavy atom. The molecule has 6 rings (SSSR count). The number of nitrogens with zero attached hydrogens (tertiary/aromatic N) is 3. The molecule has 4 aromatic carbocycles. The van der Waals surface area contributed by atoms with Crippen LogP contribution < -0.4 is 10.9 Å². The summed E-state index contributed by atoms with van der Waals surface area (Å²) in [6.07, 6.45) is 5.97. The van der Waals surface area contributed by atoms with Crippen LogP contribution in [0.2, 0.25) is 0 Å². The maximum absolute atomic E-state index is 12.9. The normalized spacial score (nSPS) is 13.7. The lowest BCUT2D eigenvalue weighted by Gasteiger charge is -2.15. The summed E-state index contributed by atoms with van der Waals surface area (Å²) >= 11 is 0. The first-order chi connectivity index (χ1) is 21.2. The lowest BCUT2D eigenvalue weighted by Crippen LogP contribution is -2.19. The number of para-hydroxylation sites is 1. The number of hydrogen-bond donors (Lipinski definition) is 2. The maximum Gasteiger partial charge on any atom is 0.271 e.